The first-order valence-electron chi connectivity index (χ1n) is 5.52. The molecule has 0 aliphatic heterocycles. The highest BCUT2D eigenvalue weighted by Crippen LogP contribution is 2.21. The summed E-state index contributed by atoms with van der Waals surface area (Å²) in [6, 6.07) is 5.77. The number of alkyl halides is 3. The van der Waals surface area contributed by atoms with Gasteiger partial charge in [0, 0.05) is 18.5 Å². The maximum absolute atomic E-state index is 11.8. The molecule has 0 aliphatic rings. The average molecular weight is 261 g/mol. The van der Waals surface area contributed by atoms with Gasteiger partial charge in [-0.3, -0.25) is 4.79 Å². The van der Waals surface area contributed by atoms with Gasteiger partial charge in [0.15, 0.2) is 0 Å². The van der Waals surface area contributed by atoms with E-state index in [0.717, 1.165) is 0 Å². The first-order chi connectivity index (χ1) is 8.38. The number of carbonyl (C=O) groups excluding carboxylic acids is 1. The zero-order valence-electron chi connectivity index (χ0n) is 9.63. The molecule has 1 amide bonds. The van der Waals surface area contributed by atoms with Gasteiger partial charge in [0.2, 0.25) is 0 Å². The molecule has 1 rings (SSSR count). The zero-order valence-corrected chi connectivity index (χ0v) is 9.63. The number of unbranched alkanes of at least 4 members (excludes halogenated alkanes) is 1. The largest absolute Gasteiger partial charge is 0.508 e. The van der Waals surface area contributed by atoms with Gasteiger partial charge >= 0.3 is 6.18 Å². The molecule has 3 nitrogen and oxygen atoms in total. The fraction of sp³-hybridized carbons (Fsp3) is 0.417. The van der Waals surface area contributed by atoms with Gasteiger partial charge in [0.1, 0.15) is 5.75 Å². The number of nitrogens with one attached hydrogen (secondary N) is 1. The molecule has 1 aromatic carbocycles. The SMILES string of the molecule is O=C(NCCCCC(F)(F)F)c1cccc(O)c1. The van der Waals surface area contributed by atoms with Crippen LogP contribution in [0.2, 0.25) is 0 Å². The third-order valence-corrected chi connectivity index (χ3v) is 2.28. The quantitative estimate of drug-likeness (QED) is 0.801. The van der Waals surface area contributed by atoms with Crippen LogP contribution in [0.1, 0.15) is 29.6 Å². The van der Waals surface area contributed by atoms with Crippen molar-refractivity contribution in [3.63, 3.8) is 0 Å². The summed E-state index contributed by atoms with van der Waals surface area (Å²) in [5.41, 5.74) is 0.283. The van der Waals surface area contributed by atoms with E-state index in [-0.39, 0.29) is 30.7 Å². The number of benzene rings is 1. The standard InChI is InChI=1S/C12H14F3NO2/c13-12(14,15)6-1-2-7-16-11(18)9-4-3-5-10(17)8-9/h3-5,8,17H,1-2,6-7H2,(H,16,18). The molecule has 0 saturated carbocycles. The predicted molar refractivity (Wildman–Crippen MR) is 60.3 cm³/mol. The van der Waals surface area contributed by atoms with Crippen LogP contribution in [0.4, 0.5) is 13.2 Å². The topological polar surface area (TPSA) is 49.3 Å². The van der Waals surface area contributed by atoms with E-state index in [2.05, 4.69) is 5.32 Å². The molecule has 0 bridgehead atoms. The summed E-state index contributed by atoms with van der Waals surface area (Å²) in [5.74, 6) is -0.433. The van der Waals surface area contributed by atoms with Crippen LogP contribution in [0.25, 0.3) is 0 Å². The predicted octanol–water partition coefficient (Wildman–Crippen LogP) is 2.85. The van der Waals surface area contributed by atoms with Crippen LogP contribution in [0.15, 0.2) is 24.3 Å². The number of phenols is 1. The third kappa shape index (κ3) is 5.56. The zero-order chi connectivity index (χ0) is 13.6. The van der Waals surface area contributed by atoms with E-state index in [0.29, 0.717) is 0 Å². The molecule has 0 radical (unpaired) electrons. The molecule has 18 heavy (non-hydrogen) atoms. The lowest BCUT2D eigenvalue weighted by molar-refractivity contribution is -0.135. The summed E-state index contributed by atoms with van der Waals surface area (Å²) in [4.78, 5) is 11.5. The first kappa shape index (κ1) is 14.3. The minimum atomic E-state index is -4.14. The minimum absolute atomic E-state index is 0.0101. The van der Waals surface area contributed by atoms with E-state index in [1.54, 1.807) is 0 Å². The summed E-state index contributed by atoms with van der Waals surface area (Å²) in [6.45, 7) is 0.185. The normalized spacial score (nSPS) is 11.3. The van der Waals surface area contributed by atoms with E-state index in [9.17, 15) is 18.0 Å². The first-order valence-corrected chi connectivity index (χ1v) is 5.52. The van der Waals surface area contributed by atoms with Crippen molar-refractivity contribution in [2.45, 2.75) is 25.4 Å². The van der Waals surface area contributed by atoms with E-state index >= 15 is 0 Å². The average Bonchev–Trinajstić information content (AvgIpc) is 2.26. The van der Waals surface area contributed by atoms with Crippen LogP contribution in [0.3, 0.4) is 0 Å². The lowest BCUT2D eigenvalue weighted by Gasteiger charge is -2.07. The fourth-order valence-electron chi connectivity index (χ4n) is 1.40. The summed E-state index contributed by atoms with van der Waals surface area (Å²) < 4.78 is 35.5. The molecule has 0 saturated heterocycles. The van der Waals surface area contributed by atoms with Gasteiger partial charge < -0.3 is 10.4 Å². The second-order valence-electron chi connectivity index (χ2n) is 3.88. The molecule has 0 heterocycles. The Hall–Kier alpha value is -1.72. The maximum Gasteiger partial charge on any atom is 0.389 e. The number of aromatic hydroxyl groups is 1. The Bertz CT molecular complexity index is 405. The van der Waals surface area contributed by atoms with Crippen molar-refractivity contribution in [1.82, 2.24) is 5.32 Å². The Morgan fingerprint density at radius 2 is 2.00 bits per heavy atom. The number of halogens is 3. The van der Waals surface area contributed by atoms with Gasteiger partial charge in [-0.2, -0.15) is 13.2 Å². The second kappa shape index (κ2) is 6.28. The summed E-state index contributed by atoms with van der Waals surface area (Å²) in [5, 5.41) is 11.7. The highest BCUT2D eigenvalue weighted by molar-refractivity contribution is 5.94. The Morgan fingerprint density at radius 1 is 1.28 bits per heavy atom. The Morgan fingerprint density at radius 3 is 2.61 bits per heavy atom. The molecule has 0 atom stereocenters. The Kier molecular flexibility index (Phi) is 5.00. The molecule has 0 spiro atoms. The van der Waals surface area contributed by atoms with Gasteiger partial charge in [-0.1, -0.05) is 6.07 Å². The summed E-state index contributed by atoms with van der Waals surface area (Å²) in [7, 11) is 0. The van der Waals surface area contributed by atoms with E-state index in [1.165, 1.54) is 24.3 Å². The van der Waals surface area contributed by atoms with Crippen LogP contribution >= 0.6 is 0 Å². The number of amides is 1. The molecule has 0 unspecified atom stereocenters. The number of phenolic OH excluding ortho intramolecular Hbond substituents is 1. The van der Waals surface area contributed by atoms with Gasteiger partial charge in [0.05, 0.1) is 0 Å². The van der Waals surface area contributed by atoms with Crippen LogP contribution in [-0.2, 0) is 0 Å². The van der Waals surface area contributed by atoms with Crippen molar-refractivity contribution in [3.8, 4) is 5.75 Å². The van der Waals surface area contributed by atoms with Crippen molar-refractivity contribution < 1.29 is 23.1 Å². The van der Waals surface area contributed by atoms with E-state index in [1.807, 2.05) is 0 Å². The van der Waals surface area contributed by atoms with Crippen LogP contribution in [-0.4, -0.2) is 23.7 Å². The van der Waals surface area contributed by atoms with Crippen LogP contribution in [0, 0.1) is 0 Å². The van der Waals surface area contributed by atoms with E-state index in [4.69, 9.17) is 5.11 Å². The van der Waals surface area contributed by atoms with Crippen molar-refractivity contribution in [3.05, 3.63) is 29.8 Å². The number of carbonyl (C=O) groups is 1. The van der Waals surface area contributed by atoms with Crippen molar-refractivity contribution >= 4 is 5.91 Å². The highest BCUT2D eigenvalue weighted by atomic mass is 19.4. The van der Waals surface area contributed by atoms with Crippen LogP contribution < -0.4 is 5.32 Å². The van der Waals surface area contributed by atoms with Gasteiger partial charge in [0.25, 0.3) is 5.91 Å². The maximum atomic E-state index is 11.8. The smallest absolute Gasteiger partial charge is 0.389 e. The van der Waals surface area contributed by atoms with Crippen molar-refractivity contribution in [1.29, 1.82) is 0 Å². The van der Waals surface area contributed by atoms with Gasteiger partial charge in [-0.25, -0.2) is 0 Å². The molecular formula is C12H14F3NO2. The number of hydrogen-bond acceptors (Lipinski definition) is 2. The lowest BCUT2D eigenvalue weighted by atomic mass is 10.2. The minimum Gasteiger partial charge on any atom is -0.508 e. The fourth-order valence-corrected chi connectivity index (χ4v) is 1.40. The molecule has 1 aromatic rings. The van der Waals surface area contributed by atoms with Crippen molar-refractivity contribution in [2.24, 2.45) is 0 Å². The molecule has 2 N–H and O–H groups in total. The Labute approximate surface area is 103 Å². The second-order valence-corrected chi connectivity index (χ2v) is 3.88. The Balaban J connectivity index is 2.26. The molecular weight excluding hydrogens is 247 g/mol. The van der Waals surface area contributed by atoms with Gasteiger partial charge in [-0.15, -0.1) is 0 Å². The third-order valence-electron chi connectivity index (χ3n) is 2.28. The van der Waals surface area contributed by atoms with Crippen molar-refractivity contribution in [2.75, 3.05) is 6.54 Å². The van der Waals surface area contributed by atoms with Gasteiger partial charge in [-0.05, 0) is 31.0 Å². The molecule has 100 valence electrons. The summed E-state index contributed by atoms with van der Waals surface area (Å²) >= 11 is 0. The van der Waals surface area contributed by atoms with Crippen LogP contribution in [0.5, 0.6) is 5.75 Å². The monoisotopic (exact) mass is 261 g/mol. The number of hydrogen-bond donors (Lipinski definition) is 2. The number of rotatable bonds is 5. The van der Waals surface area contributed by atoms with E-state index < -0.39 is 18.5 Å². The molecule has 0 aliphatic carbocycles. The molecule has 0 fully saturated rings. The molecule has 0 aromatic heterocycles. The summed E-state index contributed by atoms with van der Waals surface area (Å²) in [6.07, 6.45) is -4.72. The lowest BCUT2D eigenvalue weighted by Crippen LogP contribution is -2.24. The molecule has 6 heteroatoms. The highest BCUT2D eigenvalue weighted by Gasteiger charge is 2.25.